The lowest BCUT2D eigenvalue weighted by Crippen LogP contribution is -2.25. The summed E-state index contributed by atoms with van der Waals surface area (Å²) in [5.74, 6) is -0.906. The van der Waals surface area contributed by atoms with E-state index in [0.717, 1.165) is 0 Å². The molecular weight excluding hydrogens is 146 g/mol. The van der Waals surface area contributed by atoms with Crippen LogP contribution in [0.15, 0.2) is 0 Å². The minimum atomic E-state index is -0.555. The zero-order valence-corrected chi connectivity index (χ0v) is 6.79. The first-order valence-electron chi connectivity index (χ1n) is 3.60. The van der Waals surface area contributed by atoms with Gasteiger partial charge < -0.3 is 15.2 Å². The molecule has 1 amide bonds. The van der Waals surface area contributed by atoms with Crippen LogP contribution in [-0.4, -0.2) is 24.4 Å². The number of amides is 1. The Morgan fingerprint density at radius 1 is 1.73 bits per heavy atom. The second kappa shape index (κ2) is 2.79. The highest BCUT2D eigenvalue weighted by Crippen LogP contribution is 2.23. The molecule has 0 unspecified atom stereocenters. The monoisotopic (exact) mass is 159 g/mol. The summed E-state index contributed by atoms with van der Waals surface area (Å²) >= 11 is 0. The molecule has 0 aliphatic carbocycles. The molecule has 1 atom stereocenters. The first-order chi connectivity index (χ1) is 4.99. The summed E-state index contributed by atoms with van der Waals surface area (Å²) in [6.45, 7) is 4.08. The van der Waals surface area contributed by atoms with Crippen molar-refractivity contribution in [3.63, 3.8) is 0 Å². The minimum absolute atomic E-state index is 0.164. The lowest BCUT2D eigenvalue weighted by atomic mass is 10.2. The molecule has 4 heteroatoms. The molecule has 1 aliphatic rings. The predicted molar refractivity (Wildman–Crippen MR) is 38.7 cm³/mol. The quantitative estimate of drug-likeness (QED) is 0.617. The van der Waals surface area contributed by atoms with E-state index in [1.165, 1.54) is 0 Å². The molecule has 0 radical (unpaired) electrons. The van der Waals surface area contributed by atoms with Gasteiger partial charge in [0.2, 0.25) is 5.91 Å². The van der Waals surface area contributed by atoms with Gasteiger partial charge in [-0.2, -0.15) is 0 Å². The van der Waals surface area contributed by atoms with E-state index in [1.54, 1.807) is 0 Å². The molecule has 2 N–H and O–H groups in total. The van der Waals surface area contributed by atoms with Gasteiger partial charge in [-0.25, -0.2) is 0 Å². The van der Waals surface area contributed by atoms with Crippen molar-refractivity contribution in [2.75, 3.05) is 6.61 Å². The molecule has 1 saturated heterocycles. The van der Waals surface area contributed by atoms with Gasteiger partial charge in [-0.3, -0.25) is 4.79 Å². The topological polar surface area (TPSA) is 61.5 Å². The van der Waals surface area contributed by atoms with Gasteiger partial charge in [0.15, 0.2) is 5.79 Å². The number of primary amides is 1. The number of carbonyl (C=O) groups is 1. The Balaban J connectivity index is 2.36. The minimum Gasteiger partial charge on any atom is -0.370 e. The van der Waals surface area contributed by atoms with Crippen LogP contribution in [0.4, 0.5) is 0 Å². The summed E-state index contributed by atoms with van der Waals surface area (Å²) in [7, 11) is 0. The van der Waals surface area contributed by atoms with Crippen LogP contribution in [0.1, 0.15) is 20.3 Å². The highest BCUT2D eigenvalue weighted by molar-refractivity contribution is 5.74. The number of hydrogen-bond donors (Lipinski definition) is 1. The number of nitrogens with two attached hydrogens (primary N) is 1. The van der Waals surface area contributed by atoms with Gasteiger partial charge in [0.25, 0.3) is 0 Å². The lowest BCUT2D eigenvalue weighted by Gasteiger charge is -2.16. The third kappa shape index (κ3) is 2.48. The summed E-state index contributed by atoms with van der Waals surface area (Å²) in [6.07, 6.45) is 0.0752. The second-order valence-corrected chi connectivity index (χ2v) is 3.12. The fraction of sp³-hybridized carbons (Fsp3) is 0.857. The fourth-order valence-corrected chi connectivity index (χ4v) is 1.09. The van der Waals surface area contributed by atoms with Gasteiger partial charge in [0.05, 0.1) is 19.1 Å². The maximum Gasteiger partial charge on any atom is 0.220 e. The summed E-state index contributed by atoms with van der Waals surface area (Å²) < 4.78 is 10.6. The van der Waals surface area contributed by atoms with Crippen LogP contribution >= 0.6 is 0 Å². The Morgan fingerprint density at radius 2 is 2.36 bits per heavy atom. The summed E-state index contributed by atoms with van der Waals surface area (Å²) in [4.78, 5) is 10.5. The van der Waals surface area contributed by atoms with E-state index in [0.29, 0.717) is 6.61 Å². The molecule has 11 heavy (non-hydrogen) atoms. The van der Waals surface area contributed by atoms with Crippen molar-refractivity contribution < 1.29 is 14.3 Å². The Kier molecular flexibility index (Phi) is 2.15. The highest BCUT2D eigenvalue weighted by atomic mass is 16.7. The molecule has 0 aromatic carbocycles. The van der Waals surface area contributed by atoms with Crippen molar-refractivity contribution in [3.8, 4) is 0 Å². The normalized spacial score (nSPS) is 28.7. The zero-order valence-electron chi connectivity index (χ0n) is 6.79. The van der Waals surface area contributed by atoms with Crippen molar-refractivity contribution in [2.24, 2.45) is 5.73 Å². The molecule has 64 valence electrons. The van der Waals surface area contributed by atoms with Crippen LogP contribution in [0, 0.1) is 0 Å². The smallest absolute Gasteiger partial charge is 0.220 e. The van der Waals surface area contributed by atoms with Crippen LogP contribution in [-0.2, 0) is 14.3 Å². The molecular formula is C7H13NO3. The molecule has 4 nitrogen and oxygen atoms in total. The van der Waals surface area contributed by atoms with E-state index in [4.69, 9.17) is 15.2 Å². The predicted octanol–water partition coefficient (Wildman–Crippen LogP) is 0.0133. The largest absolute Gasteiger partial charge is 0.370 e. The molecule has 1 rings (SSSR count). The first kappa shape index (κ1) is 8.49. The SMILES string of the molecule is CC1(C)OC[C@@H](CC(N)=O)O1. The average Bonchev–Trinajstić information content (AvgIpc) is 2.08. The van der Waals surface area contributed by atoms with Crippen molar-refractivity contribution in [2.45, 2.75) is 32.2 Å². The van der Waals surface area contributed by atoms with Gasteiger partial charge in [0, 0.05) is 0 Å². The average molecular weight is 159 g/mol. The Morgan fingerprint density at radius 3 is 2.73 bits per heavy atom. The van der Waals surface area contributed by atoms with E-state index in [-0.39, 0.29) is 18.4 Å². The van der Waals surface area contributed by atoms with Gasteiger partial charge >= 0.3 is 0 Å². The van der Waals surface area contributed by atoms with E-state index >= 15 is 0 Å². The molecule has 0 saturated carbocycles. The lowest BCUT2D eigenvalue weighted by molar-refractivity contribution is -0.142. The Bertz CT molecular complexity index is 167. The van der Waals surface area contributed by atoms with Gasteiger partial charge in [-0.05, 0) is 13.8 Å². The van der Waals surface area contributed by atoms with Crippen molar-refractivity contribution in [1.29, 1.82) is 0 Å². The Hall–Kier alpha value is -0.610. The fourth-order valence-electron chi connectivity index (χ4n) is 1.09. The summed E-state index contributed by atoms with van der Waals surface area (Å²) in [5, 5.41) is 0. The summed E-state index contributed by atoms with van der Waals surface area (Å²) in [5.41, 5.74) is 4.99. The molecule has 1 heterocycles. The van der Waals surface area contributed by atoms with Crippen LogP contribution in [0.3, 0.4) is 0 Å². The van der Waals surface area contributed by atoms with Crippen LogP contribution in [0.5, 0.6) is 0 Å². The summed E-state index contributed by atoms with van der Waals surface area (Å²) in [6, 6.07) is 0. The first-order valence-corrected chi connectivity index (χ1v) is 3.60. The number of rotatable bonds is 2. The van der Waals surface area contributed by atoms with Gasteiger partial charge in [-0.15, -0.1) is 0 Å². The van der Waals surface area contributed by atoms with E-state index in [9.17, 15) is 4.79 Å². The van der Waals surface area contributed by atoms with Crippen LogP contribution in [0.25, 0.3) is 0 Å². The van der Waals surface area contributed by atoms with Crippen molar-refractivity contribution in [1.82, 2.24) is 0 Å². The van der Waals surface area contributed by atoms with E-state index < -0.39 is 5.79 Å². The van der Waals surface area contributed by atoms with Crippen molar-refractivity contribution >= 4 is 5.91 Å². The van der Waals surface area contributed by atoms with Gasteiger partial charge in [-0.1, -0.05) is 0 Å². The standard InChI is InChI=1S/C7H13NO3/c1-7(2)10-4-5(11-7)3-6(8)9/h5H,3-4H2,1-2H3,(H2,8,9)/t5-/m1/s1. The number of carbonyl (C=O) groups excluding carboxylic acids is 1. The molecule has 0 spiro atoms. The molecule has 0 bridgehead atoms. The van der Waals surface area contributed by atoms with Crippen molar-refractivity contribution in [3.05, 3.63) is 0 Å². The van der Waals surface area contributed by atoms with E-state index in [1.807, 2.05) is 13.8 Å². The Labute approximate surface area is 65.7 Å². The third-order valence-electron chi connectivity index (χ3n) is 1.50. The maximum atomic E-state index is 10.5. The van der Waals surface area contributed by atoms with Crippen LogP contribution in [0.2, 0.25) is 0 Å². The molecule has 0 aromatic heterocycles. The number of hydrogen-bond acceptors (Lipinski definition) is 3. The van der Waals surface area contributed by atoms with Gasteiger partial charge in [0.1, 0.15) is 0 Å². The second-order valence-electron chi connectivity index (χ2n) is 3.12. The highest BCUT2D eigenvalue weighted by Gasteiger charge is 2.33. The van der Waals surface area contributed by atoms with E-state index in [2.05, 4.69) is 0 Å². The molecule has 1 fully saturated rings. The maximum absolute atomic E-state index is 10.5. The third-order valence-corrected chi connectivity index (χ3v) is 1.50. The zero-order chi connectivity index (χ0) is 8.48. The van der Waals surface area contributed by atoms with Crippen LogP contribution < -0.4 is 5.73 Å². The molecule has 0 aromatic rings. The number of ether oxygens (including phenoxy) is 2. The molecule has 1 aliphatic heterocycles.